The molecule has 0 saturated carbocycles. The Kier molecular flexibility index (Phi) is 3.73. The molecular formula is C15H13BrN2O2S. The highest BCUT2D eigenvalue weighted by Gasteiger charge is 2.11. The molecule has 3 rings (SSSR count). The number of aromatic amines is 1. The molecule has 0 unspecified atom stereocenters. The third-order valence-corrected chi connectivity index (χ3v) is 4.24. The number of aromatic nitrogens is 2. The van der Waals surface area contributed by atoms with Crippen molar-refractivity contribution in [3.8, 4) is 17.2 Å². The average molecular weight is 365 g/mol. The summed E-state index contributed by atoms with van der Waals surface area (Å²) in [4.78, 5) is 3.20. The second kappa shape index (κ2) is 5.54. The Morgan fingerprint density at radius 3 is 2.43 bits per heavy atom. The summed E-state index contributed by atoms with van der Waals surface area (Å²) in [5.41, 5.74) is 2.82. The number of halogens is 1. The van der Waals surface area contributed by atoms with Crippen LogP contribution in [0.3, 0.4) is 0 Å². The van der Waals surface area contributed by atoms with E-state index >= 15 is 0 Å². The molecule has 1 heterocycles. The smallest absolute Gasteiger partial charge is 0.182 e. The summed E-state index contributed by atoms with van der Waals surface area (Å²) in [6.07, 6.45) is 0. The van der Waals surface area contributed by atoms with Gasteiger partial charge in [-0.2, -0.15) is 0 Å². The predicted octanol–water partition coefficient (Wildman–Crippen LogP) is 4.47. The number of imidazole rings is 1. The predicted molar refractivity (Wildman–Crippen MR) is 89.3 cm³/mol. The van der Waals surface area contributed by atoms with Crippen LogP contribution >= 0.6 is 28.1 Å². The molecule has 108 valence electrons. The van der Waals surface area contributed by atoms with Crippen LogP contribution in [0.1, 0.15) is 0 Å². The standard InChI is InChI=1S/C15H13BrN2O2S/c1-19-9-3-5-11(16)13(7-9)18-14-8-10(20-2)4-6-12(14)17-15(18)21/h3-8H,1-2H3,(H,17,21). The van der Waals surface area contributed by atoms with E-state index in [1.165, 1.54) is 0 Å². The maximum Gasteiger partial charge on any atom is 0.182 e. The van der Waals surface area contributed by atoms with E-state index in [2.05, 4.69) is 20.9 Å². The third kappa shape index (κ3) is 2.45. The summed E-state index contributed by atoms with van der Waals surface area (Å²) in [7, 11) is 3.29. The normalized spacial score (nSPS) is 10.8. The van der Waals surface area contributed by atoms with Gasteiger partial charge in [0.25, 0.3) is 0 Å². The van der Waals surface area contributed by atoms with Crippen molar-refractivity contribution in [2.24, 2.45) is 0 Å². The zero-order valence-electron chi connectivity index (χ0n) is 11.5. The maximum absolute atomic E-state index is 5.46. The minimum atomic E-state index is 0.618. The van der Waals surface area contributed by atoms with Gasteiger partial charge < -0.3 is 14.5 Å². The average Bonchev–Trinajstić information content (AvgIpc) is 2.82. The van der Waals surface area contributed by atoms with E-state index in [9.17, 15) is 0 Å². The lowest BCUT2D eigenvalue weighted by Crippen LogP contribution is -1.97. The Hall–Kier alpha value is -1.79. The molecule has 3 aromatic rings. The van der Waals surface area contributed by atoms with Gasteiger partial charge in [-0.15, -0.1) is 0 Å². The van der Waals surface area contributed by atoms with Crippen LogP contribution in [0.15, 0.2) is 40.9 Å². The second-order valence-corrected chi connectivity index (χ2v) is 5.71. The van der Waals surface area contributed by atoms with Gasteiger partial charge in [0.15, 0.2) is 4.77 Å². The molecule has 21 heavy (non-hydrogen) atoms. The first kappa shape index (κ1) is 14.2. The number of fused-ring (bicyclic) bond motifs is 1. The van der Waals surface area contributed by atoms with E-state index in [4.69, 9.17) is 21.7 Å². The molecule has 0 spiro atoms. The van der Waals surface area contributed by atoms with E-state index < -0.39 is 0 Å². The Balaban J connectivity index is 2.33. The molecule has 1 aromatic heterocycles. The maximum atomic E-state index is 5.46. The van der Waals surface area contributed by atoms with E-state index in [0.29, 0.717) is 4.77 Å². The highest BCUT2D eigenvalue weighted by Crippen LogP contribution is 2.30. The number of methoxy groups -OCH3 is 2. The fraction of sp³-hybridized carbons (Fsp3) is 0.133. The first-order valence-electron chi connectivity index (χ1n) is 6.26. The summed E-state index contributed by atoms with van der Waals surface area (Å²) in [6, 6.07) is 11.6. The van der Waals surface area contributed by atoms with Gasteiger partial charge in [-0.1, -0.05) is 0 Å². The number of rotatable bonds is 3. The number of H-pyrrole nitrogens is 1. The summed E-state index contributed by atoms with van der Waals surface area (Å²) >= 11 is 9.03. The Morgan fingerprint density at radius 2 is 1.71 bits per heavy atom. The summed E-state index contributed by atoms with van der Waals surface area (Å²) in [6.45, 7) is 0. The van der Waals surface area contributed by atoms with Crippen molar-refractivity contribution in [2.75, 3.05) is 14.2 Å². The first-order valence-corrected chi connectivity index (χ1v) is 7.47. The highest BCUT2D eigenvalue weighted by molar-refractivity contribution is 9.10. The largest absolute Gasteiger partial charge is 0.497 e. The zero-order valence-corrected chi connectivity index (χ0v) is 13.9. The van der Waals surface area contributed by atoms with Gasteiger partial charge in [-0.3, -0.25) is 4.57 Å². The molecule has 0 amide bonds. The van der Waals surface area contributed by atoms with E-state index in [-0.39, 0.29) is 0 Å². The lowest BCUT2D eigenvalue weighted by molar-refractivity contribution is 0.414. The summed E-state index contributed by atoms with van der Waals surface area (Å²) < 4.78 is 14.1. The van der Waals surface area contributed by atoms with Gasteiger partial charge in [0.2, 0.25) is 0 Å². The Morgan fingerprint density at radius 1 is 1.05 bits per heavy atom. The van der Waals surface area contributed by atoms with Gasteiger partial charge in [-0.25, -0.2) is 0 Å². The molecule has 0 saturated heterocycles. The van der Waals surface area contributed by atoms with Crippen molar-refractivity contribution in [3.63, 3.8) is 0 Å². The van der Waals surface area contributed by atoms with E-state index in [1.807, 2.05) is 41.0 Å². The zero-order chi connectivity index (χ0) is 15.0. The lowest BCUT2D eigenvalue weighted by atomic mass is 10.2. The molecule has 0 bridgehead atoms. The van der Waals surface area contributed by atoms with Gasteiger partial charge in [0.1, 0.15) is 11.5 Å². The number of hydrogen-bond acceptors (Lipinski definition) is 3. The van der Waals surface area contributed by atoms with Crippen LogP contribution in [0.25, 0.3) is 16.7 Å². The third-order valence-electron chi connectivity index (χ3n) is 3.28. The molecular weight excluding hydrogens is 352 g/mol. The number of ether oxygens (including phenoxy) is 2. The minimum Gasteiger partial charge on any atom is -0.497 e. The summed E-state index contributed by atoms with van der Waals surface area (Å²) in [5.74, 6) is 1.55. The number of nitrogens with zero attached hydrogens (tertiary/aromatic N) is 1. The van der Waals surface area contributed by atoms with Crippen molar-refractivity contribution in [2.45, 2.75) is 0 Å². The molecule has 6 heteroatoms. The van der Waals surface area contributed by atoms with Crippen LogP contribution in [-0.4, -0.2) is 23.8 Å². The van der Waals surface area contributed by atoms with E-state index in [0.717, 1.165) is 32.7 Å². The SMILES string of the molecule is COc1ccc(Br)c(-n2c(=S)[nH]c3ccc(OC)cc32)c1. The fourth-order valence-corrected chi connectivity index (χ4v) is 2.97. The van der Waals surface area contributed by atoms with Gasteiger partial charge in [0, 0.05) is 16.6 Å². The topological polar surface area (TPSA) is 39.2 Å². The van der Waals surface area contributed by atoms with Crippen LogP contribution in [-0.2, 0) is 0 Å². The van der Waals surface area contributed by atoms with Crippen LogP contribution in [0.2, 0.25) is 0 Å². The van der Waals surface area contributed by atoms with Crippen LogP contribution in [0, 0.1) is 4.77 Å². The minimum absolute atomic E-state index is 0.618. The Bertz CT molecular complexity index is 870. The number of hydrogen-bond donors (Lipinski definition) is 1. The molecule has 4 nitrogen and oxygen atoms in total. The van der Waals surface area contributed by atoms with Gasteiger partial charge in [0.05, 0.1) is 30.9 Å². The van der Waals surface area contributed by atoms with Crippen LogP contribution in [0.4, 0.5) is 0 Å². The van der Waals surface area contributed by atoms with Crippen molar-refractivity contribution < 1.29 is 9.47 Å². The summed E-state index contributed by atoms with van der Waals surface area (Å²) in [5, 5.41) is 0. The molecule has 0 fully saturated rings. The van der Waals surface area contributed by atoms with Crippen LogP contribution in [0.5, 0.6) is 11.5 Å². The van der Waals surface area contributed by atoms with Crippen molar-refractivity contribution in [1.82, 2.24) is 9.55 Å². The highest BCUT2D eigenvalue weighted by atomic mass is 79.9. The fourth-order valence-electron chi connectivity index (χ4n) is 2.24. The molecule has 0 atom stereocenters. The van der Waals surface area contributed by atoms with Crippen molar-refractivity contribution in [1.29, 1.82) is 0 Å². The van der Waals surface area contributed by atoms with Crippen molar-refractivity contribution in [3.05, 3.63) is 45.6 Å². The number of benzene rings is 2. The molecule has 2 aromatic carbocycles. The second-order valence-electron chi connectivity index (χ2n) is 4.47. The monoisotopic (exact) mass is 364 g/mol. The molecule has 0 aliphatic carbocycles. The van der Waals surface area contributed by atoms with Crippen molar-refractivity contribution >= 4 is 39.2 Å². The van der Waals surface area contributed by atoms with Gasteiger partial charge in [-0.05, 0) is 52.4 Å². The van der Waals surface area contributed by atoms with Gasteiger partial charge >= 0.3 is 0 Å². The Labute approximate surface area is 135 Å². The van der Waals surface area contributed by atoms with Crippen LogP contribution < -0.4 is 9.47 Å². The molecule has 0 aliphatic heterocycles. The molecule has 0 aliphatic rings. The van der Waals surface area contributed by atoms with E-state index in [1.54, 1.807) is 14.2 Å². The molecule has 0 radical (unpaired) electrons. The lowest BCUT2D eigenvalue weighted by Gasteiger charge is -2.10. The quantitative estimate of drug-likeness (QED) is 0.697. The number of nitrogens with one attached hydrogen (secondary N) is 1. The first-order chi connectivity index (χ1) is 10.1. The molecule has 1 N–H and O–H groups in total.